The molecule has 0 fully saturated rings. The van der Waals surface area contributed by atoms with Crippen molar-refractivity contribution in [3.8, 4) is 17.2 Å². The number of anilines is 1. The Labute approximate surface area is 118 Å². The lowest BCUT2D eigenvalue weighted by Gasteiger charge is -2.00. The second-order valence-electron chi connectivity index (χ2n) is 3.98. The lowest BCUT2D eigenvalue weighted by molar-refractivity contribution is 0.0985. The van der Waals surface area contributed by atoms with Gasteiger partial charge < -0.3 is 13.7 Å². The number of amides is 1. The smallest absolute Gasteiger partial charge is 0.322 e. The van der Waals surface area contributed by atoms with Crippen molar-refractivity contribution < 1.29 is 18.5 Å². The van der Waals surface area contributed by atoms with E-state index < -0.39 is 5.91 Å². The monoisotopic (exact) mass is 286 g/mol. The Morgan fingerprint density at radius 1 is 1.29 bits per heavy atom. The maximum atomic E-state index is 11.7. The molecule has 8 heteroatoms. The number of carbonyl (C=O) groups excluding carboxylic acids is 1. The zero-order valence-electron chi connectivity index (χ0n) is 10.9. The van der Waals surface area contributed by atoms with E-state index in [0.29, 0.717) is 11.3 Å². The SMILES string of the molecule is COc1cccc(-c2nnc(NC(=O)c3ccno3)o2)c1. The van der Waals surface area contributed by atoms with Gasteiger partial charge in [0, 0.05) is 11.6 Å². The van der Waals surface area contributed by atoms with Crippen LogP contribution >= 0.6 is 0 Å². The molecule has 0 saturated heterocycles. The second-order valence-corrected chi connectivity index (χ2v) is 3.98. The van der Waals surface area contributed by atoms with Gasteiger partial charge in [-0.1, -0.05) is 16.3 Å². The van der Waals surface area contributed by atoms with E-state index in [4.69, 9.17) is 13.7 Å². The first-order valence-electron chi connectivity index (χ1n) is 5.96. The van der Waals surface area contributed by atoms with Gasteiger partial charge >= 0.3 is 6.01 Å². The van der Waals surface area contributed by atoms with Crippen LogP contribution in [0.3, 0.4) is 0 Å². The molecule has 0 unspecified atom stereocenters. The summed E-state index contributed by atoms with van der Waals surface area (Å²) >= 11 is 0. The molecule has 0 aliphatic heterocycles. The van der Waals surface area contributed by atoms with Gasteiger partial charge in [0.1, 0.15) is 5.75 Å². The molecule has 0 atom stereocenters. The zero-order valence-corrected chi connectivity index (χ0v) is 10.9. The summed E-state index contributed by atoms with van der Waals surface area (Å²) in [4.78, 5) is 11.7. The summed E-state index contributed by atoms with van der Waals surface area (Å²) in [5.41, 5.74) is 0.682. The third kappa shape index (κ3) is 2.73. The third-order valence-corrected chi connectivity index (χ3v) is 2.62. The van der Waals surface area contributed by atoms with Gasteiger partial charge in [-0.05, 0) is 18.2 Å². The van der Waals surface area contributed by atoms with Crippen LogP contribution in [0.25, 0.3) is 11.5 Å². The molecule has 1 amide bonds. The Morgan fingerprint density at radius 3 is 2.95 bits per heavy atom. The van der Waals surface area contributed by atoms with E-state index in [-0.39, 0.29) is 17.7 Å². The lowest BCUT2D eigenvalue weighted by atomic mass is 10.2. The molecule has 3 rings (SSSR count). The van der Waals surface area contributed by atoms with Crippen LogP contribution in [0.4, 0.5) is 6.01 Å². The van der Waals surface area contributed by atoms with Crippen LogP contribution < -0.4 is 10.1 Å². The Hall–Kier alpha value is -3.16. The van der Waals surface area contributed by atoms with Crippen molar-refractivity contribution in [2.24, 2.45) is 0 Å². The van der Waals surface area contributed by atoms with E-state index in [2.05, 4.69) is 20.7 Å². The highest BCUT2D eigenvalue weighted by atomic mass is 16.5. The van der Waals surface area contributed by atoms with Crippen molar-refractivity contribution in [1.82, 2.24) is 15.4 Å². The Balaban J connectivity index is 1.78. The summed E-state index contributed by atoms with van der Waals surface area (Å²) in [6, 6.07) is 8.52. The maximum Gasteiger partial charge on any atom is 0.322 e. The summed E-state index contributed by atoms with van der Waals surface area (Å²) in [5.74, 6) is 0.462. The molecule has 3 aromatic rings. The summed E-state index contributed by atoms with van der Waals surface area (Å²) in [6.07, 6.45) is 1.37. The molecule has 0 spiro atoms. The van der Waals surface area contributed by atoms with Gasteiger partial charge in [0.2, 0.25) is 11.7 Å². The Bertz CT molecular complexity index is 751. The van der Waals surface area contributed by atoms with Crippen molar-refractivity contribution in [2.45, 2.75) is 0 Å². The zero-order chi connectivity index (χ0) is 14.7. The van der Waals surface area contributed by atoms with Gasteiger partial charge in [-0.15, -0.1) is 5.10 Å². The Morgan fingerprint density at radius 2 is 2.19 bits per heavy atom. The predicted molar refractivity (Wildman–Crippen MR) is 70.7 cm³/mol. The van der Waals surface area contributed by atoms with Crippen LogP contribution in [0, 0.1) is 0 Å². The van der Waals surface area contributed by atoms with Crippen LogP contribution in [0.5, 0.6) is 5.75 Å². The molecule has 0 aliphatic carbocycles. The minimum Gasteiger partial charge on any atom is -0.497 e. The largest absolute Gasteiger partial charge is 0.497 e. The molecule has 1 aromatic carbocycles. The number of methoxy groups -OCH3 is 1. The van der Waals surface area contributed by atoms with Crippen LogP contribution in [0.1, 0.15) is 10.6 Å². The quantitative estimate of drug-likeness (QED) is 0.782. The van der Waals surface area contributed by atoms with Crippen molar-refractivity contribution in [3.05, 3.63) is 42.3 Å². The van der Waals surface area contributed by atoms with E-state index in [9.17, 15) is 4.79 Å². The lowest BCUT2D eigenvalue weighted by Crippen LogP contribution is -2.11. The number of benzene rings is 1. The molecule has 21 heavy (non-hydrogen) atoms. The average molecular weight is 286 g/mol. The minimum absolute atomic E-state index is 0.0331. The van der Waals surface area contributed by atoms with Crippen molar-refractivity contribution in [3.63, 3.8) is 0 Å². The maximum absolute atomic E-state index is 11.7. The summed E-state index contributed by atoms with van der Waals surface area (Å²) in [7, 11) is 1.57. The van der Waals surface area contributed by atoms with E-state index in [1.807, 2.05) is 0 Å². The standard InChI is InChI=1S/C13H10N4O4/c1-19-9-4-2-3-8(7-9)12-16-17-13(20-12)15-11(18)10-5-6-14-21-10/h2-7H,1H3,(H,15,17,18). The number of hydrogen-bond donors (Lipinski definition) is 1. The first-order chi connectivity index (χ1) is 10.3. The number of carbonyl (C=O) groups is 1. The van der Waals surface area contributed by atoms with Gasteiger partial charge in [-0.25, -0.2) is 0 Å². The minimum atomic E-state index is -0.520. The molecule has 0 bridgehead atoms. The fourth-order valence-corrected chi connectivity index (χ4v) is 1.64. The van der Waals surface area contributed by atoms with E-state index >= 15 is 0 Å². The molecule has 106 valence electrons. The van der Waals surface area contributed by atoms with Crippen LogP contribution in [-0.4, -0.2) is 28.4 Å². The van der Waals surface area contributed by atoms with Gasteiger partial charge in [-0.2, -0.15) is 0 Å². The molecular formula is C13H10N4O4. The van der Waals surface area contributed by atoms with Gasteiger partial charge in [0.25, 0.3) is 5.91 Å². The molecule has 8 nitrogen and oxygen atoms in total. The van der Waals surface area contributed by atoms with Crippen molar-refractivity contribution >= 4 is 11.9 Å². The van der Waals surface area contributed by atoms with Crippen LogP contribution in [-0.2, 0) is 0 Å². The Kier molecular flexibility index (Phi) is 3.34. The number of nitrogens with one attached hydrogen (secondary N) is 1. The summed E-state index contributed by atoms with van der Waals surface area (Å²) < 4.78 is 15.2. The number of nitrogens with zero attached hydrogens (tertiary/aromatic N) is 3. The third-order valence-electron chi connectivity index (χ3n) is 2.62. The number of rotatable bonds is 4. The number of ether oxygens (including phenoxy) is 1. The normalized spacial score (nSPS) is 10.3. The molecule has 0 saturated carbocycles. The molecule has 1 N–H and O–H groups in total. The second kappa shape index (κ2) is 5.45. The van der Waals surface area contributed by atoms with Crippen molar-refractivity contribution in [1.29, 1.82) is 0 Å². The van der Waals surface area contributed by atoms with Gasteiger partial charge in [0.05, 0.1) is 13.3 Å². The fraction of sp³-hybridized carbons (Fsp3) is 0.0769. The molecule has 0 radical (unpaired) electrons. The first-order valence-corrected chi connectivity index (χ1v) is 5.96. The summed E-state index contributed by atoms with van der Waals surface area (Å²) in [5, 5.41) is 13.5. The fourth-order valence-electron chi connectivity index (χ4n) is 1.64. The highest BCUT2D eigenvalue weighted by molar-refractivity contribution is 6.00. The number of hydrogen-bond acceptors (Lipinski definition) is 7. The van der Waals surface area contributed by atoms with E-state index in [1.165, 1.54) is 12.3 Å². The highest BCUT2D eigenvalue weighted by Crippen LogP contribution is 2.23. The van der Waals surface area contributed by atoms with E-state index in [1.54, 1.807) is 31.4 Å². The predicted octanol–water partition coefficient (Wildman–Crippen LogP) is 1.99. The molecule has 2 heterocycles. The van der Waals surface area contributed by atoms with Crippen LogP contribution in [0.2, 0.25) is 0 Å². The molecule has 2 aromatic heterocycles. The van der Waals surface area contributed by atoms with Crippen LogP contribution in [0.15, 0.2) is 45.5 Å². The van der Waals surface area contributed by atoms with Crippen molar-refractivity contribution in [2.75, 3.05) is 12.4 Å². The topological polar surface area (TPSA) is 103 Å². The summed E-state index contributed by atoms with van der Waals surface area (Å²) in [6.45, 7) is 0. The highest BCUT2D eigenvalue weighted by Gasteiger charge is 2.15. The molecular weight excluding hydrogens is 276 g/mol. The number of aromatic nitrogens is 3. The average Bonchev–Trinajstić information content (AvgIpc) is 3.18. The van der Waals surface area contributed by atoms with Gasteiger partial charge in [-0.3, -0.25) is 10.1 Å². The van der Waals surface area contributed by atoms with Gasteiger partial charge in [0.15, 0.2) is 0 Å². The van der Waals surface area contributed by atoms with E-state index in [0.717, 1.165) is 0 Å². The molecule has 0 aliphatic rings. The first kappa shape index (κ1) is 12.9.